The van der Waals surface area contributed by atoms with Gasteiger partial charge < -0.3 is 14.2 Å². The molecule has 4 heteroatoms. The summed E-state index contributed by atoms with van der Waals surface area (Å²) in [4.78, 5) is 4.67. The zero-order valence-electron chi connectivity index (χ0n) is 30.3. The second kappa shape index (κ2) is 13.3. The number of hydrogen-bond acceptors (Lipinski definition) is 4. The number of hydrogen-bond donors (Lipinski definition) is 0. The zero-order chi connectivity index (χ0) is 37.0. The minimum absolute atomic E-state index is 0.839. The van der Waals surface area contributed by atoms with Crippen LogP contribution in [-0.4, -0.2) is 0 Å². The second-order valence-corrected chi connectivity index (χ2v) is 15.2. The maximum Gasteiger partial charge on any atom is 0.159 e. The molecule has 0 aliphatic heterocycles. The smallest absolute Gasteiger partial charge is 0.159 e. The van der Waals surface area contributed by atoms with Gasteiger partial charge in [-0.15, -0.1) is 11.3 Å². The Kier molecular flexibility index (Phi) is 7.68. The summed E-state index contributed by atoms with van der Waals surface area (Å²) in [5.74, 6) is 0. The minimum Gasteiger partial charge on any atom is -0.454 e. The predicted molar refractivity (Wildman–Crippen MR) is 239 cm³/mol. The number of thiophene rings is 1. The molecule has 2 heterocycles. The van der Waals surface area contributed by atoms with Crippen molar-refractivity contribution in [3.8, 4) is 11.1 Å². The summed E-state index contributed by atoms with van der Waals surface area (Å²) in [6.45, 7) is 0. The van der Waals surface area contributed by atoms with Gasteiger partial charge in [-0.2, -0.15) is 0 Å². The molecule has 0 atom stereocenters. The van der Waals surface area contributed by atoms with Crippen molar-refractivity contribution in [2.24, 2.45) is 0 Å². The summed E-state index contributed by atoms with van der Waals surface area (Å²) in [5.41, 5.74) is 10.4. The molecule has 0 unspecified atom stereocenters. The van der Waals surface area contributed by atoms with E-state index in [4.69, 9.17) is 4.42 Å². The Morgan fingerprint density at radius 2 is 0.946 bits per heavy atom. The van der Waals surface area contributed by atoms with Crippen LogP contribution in [0.2, 0.25) is 0 Å². The number of fused-ring (bicyclic) bond motifs is 7. The van der Waals surface area contributed by atoms with E-state index in [2.05, 4.69) is 216 Å². The monoisotopic (exact) mass is 734 g/mol. The molecule has 0 bridgehead atoms. The van der Waals surface area contributed by atoms with E-state index in [1.165, 1.54) is 42.1 Å². The van der Waals surface area contributed by atoms with Crippen molar-refractivity contribution in [1.29, 1.82) is 0 Å². The molecule has 0 fully saturated rings. The van der Waals surface area contributed by atoms with Gasteiger partial charge in [0, 0.05) is 48.3 Å². The van der Waals surface area contributed by atoms with Crippen molar-refractivity contribution in [2.75, 3.05) is 9.80 Å². The van der Waals surface area contributed by atoms with Crippen LogP contribution in [0, 0.1) is 0 Å². The molecule has 0 N–H and O–H groups in total. The van der Waals surface area contributed by atoms with Gasteiger partial charge >= 0.3 is 0 Å². The fourth-order valence-electron chi connectivity index (χ4n) is 8.21. The van der Waals surface area contributed by atoms with Crippen LogP contribution in [0.3, 0.4) is 0 Å². The molecule has 0 saturated carbocycles. The first-order valence-electron chi connectivity index (χ1n) is 18.9. The molecule has 0 amide bonds. The first-order valence-corrected chi connectivity index (χ1v) is 19.7. The van der Waals surface area contributed by atoms with Crippen LogP contribution < -0.4 is 9.80 Å². The minimum atomic E-state index is 0.839. The highest BCUT2D eigenvalue weighted by Gasteiger charge is 2.24. The number of nitrogens with zero attached hydrogens (tertiary/aromatic N) is 2. The van der Waals surface area contributed by atoms with Crippen LogP contribution >= 0.6 is 11.3 Å². The number of rotatable bonds is 7. The Hall–Kier alpha value is -7.14. The van der Waals surface area contributed by atoms with Gasteiger partial charge in [-0.05, 0) is 101 Å². The van der Waals surface area contributed by atoms with E-state index < -0.39 is 0 Å². The van der Waals surface area contributed by atoms with E-state index in [1.54, 1.807) is 0 Å². The number of anilines is 6. The Bertz CT molecular complexity index is 3160. The lowest BCUT2D eigenvalue weighted by atomic mass is 10.0. The van der Waals surface area contributed by atoms with Gasteiger partial charge in [0.15, 0.2) is 5.58 Å². The van der Waals surface area contributed by atoms with Crippen molar-refractivity contribution < 1.29 is 4.42 Å². The summed E-state index contributed by atoms with van der Waals surface area (Å²) in [6.07, 6.45) is 0. The average molecular weight is 735 g/mol. The lowest BCUT2D eigenvalue weighted by molar-refractivity contribution is 0.669. The molecular formula is C52H34N2OS. The molecule has 264 valence electrons. The SMILES string of the molecule is c1ccc(N(c2ccccc2)c2cccc3oc4c(N(c5ccc(-c6ccc7ccccc7c6)cc5)c5ccc6c(c5)sc5ccccc56)cccc4c23)cc1. The predicted octanol–water partition coefficient (Wildman–Crippen LogP) is 15.7. The molecule has 0 aliphatic rings. The normalized spacial score (nSPS) is 11.6. The van der Waals surface area contributed by atoms with Gasteiger partial charge in [0.1, 0.15) is 5.58 Å². The van der Waals surface area contributed by atoms with Crippen LogP contribution in [0.5, 0.6) is 0 Å². The lowest BCUT2D eigenvalue weighted by Crippen LogP contribution is -2.10. The highest BCUT2D eigenvalue weighted by Crippen LogP contribution is 2.48. The summed E-state index contributed by atoms with van der Waals surface area (Å²) >= 11 is 1.84. The average Bonchev–Trinajstić information content (AvgIpc) is 3.84. The summed E-state index contributed by atoms with van der Waals surface area (Å²) < 4.78 is 9.52. The van der Waals surface area contributed by atoms with Gasteiger partial charge in [0.05, 0.1) is 16.8 Å². The maximum atomic E-state index is 6.97. The largest absolute Gasteiger partial charge is 0.454 e. The fourth-order valence-corrected chi connectivity index (χ4v) is 9.35. The molecule has 11 rings (SSSR count). The Morgan fingerprint density at radius 1 is 0.357 bits per heavy atom. The number of furan rings is 1. The van der Waals surface area contributed by atoms with Crippen LogP contribution in [0.4, 0.5) is 34.1 Å². The summed E-state index contributed by atoms with van der Waals surface area (Å²) in [6, 6.07) is 73.7. The van der Waals surface area contributed by atoms with Crippen LogP contribution in [0.15, 0.2) is 211 Å². The zero-order valence-corrected chi connectivity index (χ0v) is 31.2. The van der Waals surface area contributed by atoms with Crippen molar-refractivity contribution in [3.05, 3.63) is 206 Å². The molecule has 56 heavy (non-hydrogen) atoms. The van der Waals surface area contributed by atoms with Gasteiger partial charge in [0.2, 0.25) is 0 Å². The Labute approximate surface area is 328 Å². The molecule has 2 aromatic heterocycles. The van der Waals surface area contributed by atoms with E-state index in [0.29, 0.717) is 0 Å². The van der Waals surface area contributed by atoms with E-state index in [0.717, 1.165) is 56.1 Å². The van der Waals surface area contributed by atoms with Gasteiger partial charge in [-0.3, -0.25) is 0 Å². The Morgan fingerprint density at radius 3 is 1.75 bits per heavy atom. The standard InChI is InChI=1S/C52H34N2OS/c1-3-15-39(16-4-1)53(40-17-5-2-6-18-40)46-21-12-23-48-51(46)45-20-11-22-47(52(45)55-48)54(42-31-32-44-43-19-9-10-24-49(43)56-50(44)34-42)41-29-27-36(28-30-41)38-26-25-35-13-7-8-14-37(35)33-38/h1-34H. The second-order valence-electron chi connectivity index (χ2n) is 14.1. The summed E-state index contributed by atoms with van der Waals surface area (Å²) in [7, 11) is 0. The van der Waals surface area contributed by atoms with Crippen molar-refractivity contribution in [1.82, 2.24) is 0 Å². The molecule has 3 nitrogen and oxygen atoms in total. The number of para-hydroxylation sites is 3. The molecule has 11 aromatic rings. The van der Waals surface area contributed by atoms with Gasteiger partial charge in [-0.1, -0.05) is 127 Å². The van der Waals surface area contributed by atoms with E-state index in [-0.39, 0.29) is 0 Å². The Balaban J connectivity index is 1.11. The third-order valence-electron chi connectivity index (χ3n) is 10.8. The maximum absolute atomic E-state index is 6.97. The highest BCUT2D eigenvalue weighted by atomic mass is 32.1. The van der Waals surface area contributed by atoms with Crippen LogP contribution in [0.25, 0.3) is 64.0 Å². The van der Waals surface area contributed by atoms with Crippen molar-refractivity contribution >= 4 is 98.3 Å². The van der Waals surface area contributed by atoms with Gasteiger partial charge in [-0.25, -0.2) is 0 Å². The number of benzene rings is 9. The van der Waals surface area contributed by atoms with Crippen molar-refractivity contribution in [2.45, 2.75) is 0 Å². The summed E-state index contributed by atoms with van der Waals surface area (Å²) in [5, 5.41) is 7.18. The topological polar surface area (TPSA) is 19.6 Å². The molecular weight excluding hydrogens is 701 g/mol. The molecule has 0 aliphatic carbocycles. The molecule has 0 radical (unpaired) electrons. The van der Waals surface area contributed by atoms with Crippen LogP contribution in [-0.2, 0) is 0 Å². The highest BCUT2D eigenvalue weighted by molar-refractivity contribution is 7.25. The first kappa shape index (κ1) is 32.3. The molecule has 0 spiro atoms. The van der Waals surface area contributed by atoms with E-state index in [9.17, 15) is 0 Å². The van der Waals surface area contributed by atoms with Crippen LogP contribution in [0.1, 0.15) is 0 Å². The fraction of sp³-hybridized carbons (Fsp3) is 0. The quantitative estimate of drug-likeness (QED) is 0.163. The van der Waals surface area contributed by atoms with Crippen molar-refractivity contribution in [3.63, 3.8) is 0 Å². The van der Waals surface area contributed by atoms with Gasteiger partial charge in [0.25, 0.3) is 0 Å². The molecule has 0 saturated heterocycles. The third kappa shape index (κ3) is 5.42. The molecule has 9 aromatic carbocycles. The van der Waals surface area contributed by atoms with E-state index >= 15 is 0 Å². The van der Waals surface area contributed by atoms with E-state index in [1.807, 2.05) is 11.3 Å². The lowest BCUT2D eigenvalue weighted by Gasteiger charge is -2.26. The third-order valence-corrected chi connectivity index (χ3v) is 12.0. The first-order chi connectivity index (χ1) is 27.8.